The fraction of sp³-hybridized carbons (Fsp3) is 0.208. The lowest BCUT2D eigenvalue weighted by molar-refractivity contribution is 0.0977. The molecule has 0 saturated heterocycles. The summed E-state index contributed by atoms with van der Waals surface area (Å²) in [6.45, 7) is 3.72. The van der Waals surface area contributed by atoms with Crippen LogP contribution in [0.4, 0.5) is 5.69 Å². The van der Waals surface area contributed by atoms with Crippen molar-refractivity contribution in [2.45, 2.75) is 30.8 Å². The van der Waals surface area contributed by atoms with Gasteiger partial charge in [-0.3, -0.25) is 4.79 Å². The molecule has 1 aliphatic rings. The third-order valence-electron chi connectivity index (χ3n) is 5.66. The SMILES string of the molecule is COc1ccc2c(c1S(=O)(=O)NC(=O)c1ccc3c(-n4cc(N)cn4)cccc3n1)OC(C)(C)C2. The topological polar surface area (TPSA) is 138 Å². The number of pyridine rings is 1. The summed E-state index contributed by atoms with van der Waals surface area (Å²) in [5.41, 5.74) is 7.56. The number of aromatic nitrogens is 3. The summed E-state index contributed by atoms with van der Waals surface area (Å²) in [4.78, 5) is 17.2. The molecule has 2 aromatic heterocycles. The van der Waals surface area contributed by atoms with Gasteiger partial charge < -0.3 is 15.2 Å². The third-order valence-corrected chi connectivity index (χ3v) is 7.04. The number of hydrogen-bond donors (Lipinski definition) is 2. The average Bonchev–Trinajstić information content (AvgIpc) is 3.37. The van der Waals surface area contributed by atoms with Crippen LogP contribution in [0.25, 0.3) is 16.6 Å². The highest BCUT2D eigenvalue weighted by atomic mass is 32.2. The van der Waals surface area contributed by atoms with Crippen LogP contribution >= 0.6 is 0 Å². The first-order valence-corrected chi connectivity index (χ1v) is 12.2. The fourth-order valence-corrected chi connectivity index (χ4v) is 5.47. The lowest BCUT2D eigenvalue weighted by atomic mass is 10.0. The fourth-order valence-electron chi connectivity index (χ4n) is 4.18. The van der Waals surface area contributed by atoms with Crippen LogP contribution in [-0.2, 0) is 16.4 Å². The van der Waals surface area contributed by atoms with E-state index in [4.69, 9.17) is 15.2 Å². The number of amides is 1. The number of fused-ring (bicyclic) bond motifs is 2. The van der Waals surface area contributed by atoms with E-state index in [2.05, 4.69) is 14.8 Å². The molecule has 3 heterocycles. The van der Waals surface area contributed by atoms with E-state index >= 15 is 0 Å². The average molecular weight is 494 g/mol. The van der Waals surface area contributed by atoms with Gasteiger partial charge in [0.05, 0.1) is 36.4 Å². The Morgan fingerprint density at radius 1 is 1.20 bits per heavy atom. The second-order valence-electron chi connectivity index (χ2n) is 8.82. The van der Waals surface area contributed by atoms with E-state index in [1.807, 2.05) is 19.9 Å². The van der Waals surface area contributed by atoms with E-state index in [9.17, 15) is 13.2 Å². The van der Waals surface area contributed by atoms with Crippen LogP contribution in [0, 0.1) is 0 Å². The molecule has 1 aliphatic heterocycles. The summed E-state index contributed by atoms with van der Waals surface area (Å²) in [5, 5.41) is 4.93. The molecule has 3 N–H and O–H groups in total. The molecule has 11 heteroatoms. The first-order valence-electron chi connectivity index (χ1n) is 10.7. The zero-order valence-corrected chi connectivity index (χ0v) is 20.1. The summed E-state index contributed by atoms with van der Waals surface area (Å²) in [5.74, 6) is -0.613. The van der Waals surface area contributed by atoms with Crippen LogP contribution in [0.1, 0.15) is 29.9 Å². The number of nitrogens with one attached hydrogen (secondary N) is 1. The van der Waals surface area contributed by atoms with E-state index in [1.165, 1.54) is 19.4 Å². The van der Waals surface area contributed by atoms with E-state index in [-0.39, 0.29) is 22.1 Å². The maximum atomic E-state index is 13.3. The van der Waals surface area contributed by atoms with Crippen molar-refractivity contribution in [2.75, 3.05) is 12.8 Å². The summed E-state index contributed by atoms with van der Waals surface area (Å²) in [6.07, 6.45) is 3.72. The normalized spacial score (nSPS) is 14.4. The Labute approximate surface area is 201 Å². The van der Waals surface area contributed by atoms with Crippen LogP contribution in [0.15, 0.2) is 59.8 Å². The van der Waals surface area contributed by atoms with Gasteiger partial charge in [0.15, 0.2) is 4.90 Å². The van der Waals surface area contributed by atoms with Crippen molar-refractivity contribution in [1.82, 2.24) is 19.5 Å². The first kappa shape index (κ1) is 22.7. The van der Waals surface area contributed by atoms with Crippen LogP contribution < -0.4 is 19.9 Å². The molecule has 4 aromatic rings. The van der Waals surface area contributed by atoms with Crippen molar-refractivity contribution in [1.29, 1.82) is 0 Å². The van der Waals surface area contributed by atoms with Gasteiger partial charge >= 0.3 is 0 Å². The number of nitrogens with zero attached hydrogens (tertiary/aromatic N) is 3. The Kier molecular flexibility index (Phi) is 5.17. The van der Waals surface area contributed by atoms with E-state index in [1.54, 1.807) is 41.2 Å². The van der Waals surface area contributed by atoms with Gasteiger partial charge in [-0.15, -0.1) is 0 Å². The maximum Gasteiger partial charge on any atom is 0.283 e. The Hall–Kier alpha value is -4.12. The Balaban J connectivity index is 1.50. The first-order chi connectivity index (χ1) is 16.6. The summed E-state index contributed by atoms with van der Waals surface area (Å²) < 4.78 is 41.6. The number of nitrogens with two attached hydrogens (primary N) is 1. The summed E-state index contributed by atoms with van der Waals surface area (Å²) >= 11 is 0. The van der Waals surface area contributed by atoms with Crippen LogP contribution in [-0.4, -0.2) is 41.8 Å². The second-order valence-corrected chi connectivity index (χ2v) is 10.4. The number of sulfonamides is 1. The van der Waals surface area contributed by atoms with Gasteiger partial charge in [-0.25, -0.2) is 22.8 Å². The highest BCUT2D eigenvalue weighted by Crippen LogP contribution is 2.44. The van der Waals surface area contributed by atoms with Gasteiger partial charge in [0.2, 0.25) is 0 Å². The molecule has 2 aromatic carbocycles. The predicted octanol–water partition coefficient (Wildman–Crippen LogP) is 2.84. The summed E-state index contributed by atoms with van der Waals surface area (Å²) in [6, 6.07) is 11.8. The molecule has 180 valence electrons. The van der Waals surface area contributed by atoms with E-state index in [0.717, 1.165) is 11.3 Å². The van der Waals surface area contributed by atoms with Crippen molar-refractivity contribution in [3.8, 4) is 17.2 Å². The lowest BCUT2D eigenvalue weighted by Crippen LogP contribution is -2.32. The quantitative estimate of drug-likeness (QED) is 0.433. The van der Waals surface area contributed by atoms with Crippen molar-refractivity contribution < 1.29 is 22.7 Å². The molecule has 0 spiro atoms. The molecule has 0 saturated carbocycles. The van der Waals surface area contributed by atoms with Gasteiger partial charge in [-0.2, -0.15) is 5.10 Å². The number of methoxy groups -OCH3 is 1. The number of carbonyl (C=O) groups is 1. The molecule has 0 atom stereocenters. The lowest BCUT2D eigenvalue weighted by Gasteiger charge is -2.19. The van der Waals surface area contributed by atoms with Crippen LogP contribution in [0.2, 0.25) is 0 Å². The van der Waals surface area contributed by atoms with Gasteiger partial charge in [0, 0.05) is 11.8 Å². The monoisotopic (exact) mass is 493 g/mol. The minimum absolute atomic E-state index is 0.0639. The molecule has 0 radical (unpaired) electrons. The van der Waals surface area contributed by atoms with Crippen LogP contribution in [0.3, 0.4) is 0 Å². The second kappa shape index (κ2) is 7.98. The zero-order valence-electron chi connectivity index (χ0n) is 19.3. The minimum Gasteiger partial charge on any atom is -0.495 e. The number of nitrogen functional groups attached to an aromatic ring is 1. The molecule has 0 fully saturated rings. The van der Waals surface area contributed by atoms with Gasteiger partial charge in [0.25, 0.3) is 15.9 Å². The van der Waals surface area contributed by atoms with Crippen molar-refractivity contribution in [3.63, 3.8) is 0 Å². The highest BCUT2D eigenvalue weighted by Gasteiger charge is 2.38. The minimum atomic E-state index is -4.35. The van der Waals surface area contributed by atoms with Crippen molar-refractivity contribution in [3.05, 3.63) is 66.1 Å². The Bertz CT molecular complexity index is 1590. The molecular weight excluding hydrogens is 470 g/mol. The molecule has 0 aliphatic carbocycles. The molecule has 10 nitrogen and oxygen atoms in total. The summed E-state index contributed by atoms with van der Waals surface area (Å²) in [7, 11) is -2.99. The van der Waals surface area contributed by atoms with Crippen molar-refractivity contribution in [2.24, 2.45) is 0 Å². The zero-order chi connectivity index (χ0) is 25.0. The Morgan fingerprint density at radius 3 is 2.71 bits per heavy atom. The van der Waals surface area contributed by atoms with Crippen molar-refractivity contribution >= 4 is 32.5 Å². The third kappa shape index (κ3) is 4.03. The number of anilines is 1. The smallest absolute Gasteiger partial charge is 0.283 e. The number of benzene rings is 2. The Morgan fingerprint density at radius 2 is 2.00 bits per heavy atom. The predicted molar refractivity (Wildman–Crippen MR) is 129 cm³/mol. The highest BCUT2D eigenvalue weighted by molar-refractivity contribution is 7.90. The van der Waals surface area contributed by atoms with Crippen LogP contribution in [0.5, 0.6) is 11.5 Å². The van der Waals surface area contributed by atoms with E-state index < -0.39 is 21.5 Å². The number of hydrogen-bond acceptors (Lipinski definition) is 8. The maximum absolute atomic E-state index is 13.3. The standard InChI is InChI=1S/C24H23N5O5S/c1-24(2)11-14-7-10-20(33-3)22(21(14)34-24)35(31,32)28-23(30)18-9-8-16-17(27-18)5-4-6-19(16)29-13-15(25)12-26-29/h4-10,12-13H,11,25H2,1-3H3,(H,28,30). The van der Waals surface area contributed by atoms with E-state index in [0.29, 0.717) is 23.0 Å². The molecule has 0 bridgehead atoms. The van der Waals surface area contributed by atoms with Gasteiger partial charge in [-0.1, -0.05) is 12.1 Å². The molecule has 35 heavy (non-hydrogen) atoms. The number of rotatable bonds is 5. The largest absolute Gasteiger partial charge is 0.495 e. The van der Waals surface area contributed by atoms with Gasteiger partial charge in [-0.05, 0) is 49.7 Å². The molecule has 1 amide bonds. The molecule has 0 unspecified atom stereocenters. The molecular formula is C24H23N5O5S. The molecule has 5 rings (SSSR count). The number of carbonyl (C=O) groups excluding carboxylic acids is 1. The van der Waals surface area contributed by atoms with Gasteiger partial charge in [0.1, 0.15) is 22.8 Å². The number of ether oxygens (including phenoxy) is 2.